The molecule has 0 aliphatic heterocycles. The lowest BCUT2D eigenvalue weighted by molar-refractivity contribution is -0.140. The largest absolute Gasteiger partial charge is 0.497 e. The Bertz CT molecular complexity index is 2140. The van der Waals surface area contributed by atoms with Gasteiger partial charge in [0.05, 0.1) is 24.9 Å². The van der Waals surface area contributed by atoms with E-state index >= 15 is 0 Å². The van der Waals surface area contributed by atoms with Crippen molar-refractivity contribution in [2.24, 2.45) is 0 Å². The maximum Gasteiger partial charge on any atom is 0.251 e. The molecule has 0 radical (unpaired) electrons. The number of fused-ring (bicyclic) bond motifs is 2. The van der Waals surface area contributed by atoms with E-state index in [0.717, 1.165) is 27.7 Å². The minimum absolute atomic E-state index is 0.100. The molecule has 0 fully saturated rings. The molecule has 3 aromatic heterocycles. The van der Waals surface area contributed by atoms with Crippen LogP contribution in [0.3, 0.4) is 0 Å². The number of hydrogen-bond acceptors (Lipinski definition) is 7. The number of amides is 2. The summed E-state index contributed by atoms with van der Waals surface area (Å²) >= 11 is 1.45. The third-order valence-corrected chi connectivity index (χ3v) is 8.62. The van der Waals surface area contributed by atoms with Crippen LogP contribution >= 0.6 is 11.3 Å². The molecule has 0 aliphatic rings. The van der Waals surface area contributed by atoms with Crippen LogP contribution in [-0.4, -0.2) is 48.8 Å². The van der Waals surface area contributed by atoms with E-state index in [1.165, 1.54) is 11.3 Å². The van der Waals surface area contributed by atoms with Crippen LogP contribution in [0.15, 0.2) is 115 Å². The number of thiazole rings is 1. The number of nitrogens with zero attached hydrogens (tertiary/aromatic N) is 5. The predicted octanol–water partition coefficient (Wildman–Crippen LogP) is 6.45. The van der Waals surface area contributed by atoms with Crippen LogP contribution in [0.1, 0.15) is 16.6 Å². The maximum absolute atomic E-state index is 14.5. The van der Waals surface area contributed by atoms with E-state index in [1.54, 1.807) is 47.2 Å². The van der Waals surface area contributed by atoms with Crippen molar-refractivity contribution in [3.05, 3.63) is 125 Å². The summed E-state index contributed by atoms with van der Waals surface area (Å²) in [5.41, 5.74) is 5.28. The molecular formula is C35H29N7O3S. The van der Waals surface area contributed by atoms with Gasteiger partial charge in [-0.15, -0.1) is 16.4 Å². The number of nitrogens with one attached hydrogen (secondary N) is 2. The Hall–Kier alpha value is -5.81. The number of carbonyl (C=O) groups excluding carboxylic acids is 2. The van der Waals surface area contributed by atoms with Gasteiger partial charge in [0.25, 0.3) is 5.91 Å². The van der Waals surface area contributed by atoms with E-state index in [0.29, 0.717) is 27.5 Å². The Morgan fingerprint density at radius 1 is 0.957 bits per heavy atom. The number of aromatic amines is 1. The highest BCUT2D eigenvalue weighted by molar-refractivity contribution is 7.09. The second kappa shape index (κ2) is 12.7. The fourth-order valence-corrected chi connectivity index (χ4v) is 6.30. The third-order valence-electron chi connectivity index (χ3n) is 7.79. The van der Waals surface area contributed by atoms with Crippen molar-refractivity contribution in [1.29, 1.82) is 0 Å². The van der Waals surface area contributed by atoms with Gasteiger partial charge < -0.3 is 19.9 Å². The van der Waals surface area contributed by atoms with Gasteiger partial charge in [-0.1, -0.05) is 65.9 Å². The molecule has 3 heterocycles. The lowest BCUT2D eigenvalue weighted by Gasteiger charge is -2.30. The second-order valence-electron chi connectivity index (χ2n) is 10.7. The number of anilines is 1. The molecular weight excluding hydrogens is 598 g/mol. The van der Waals surface area contributed by atoms with Crippen LogP contribution in [0.4, 0.5) is 5.69 Å². The summed E-state index contributed by atoms with van der Waals surface area (Å²) in [5, 5.41) is 15.0. The van der Waals surface area contributed by atoms with Gasteiger partial charge in [-0.25, -0.2) is 9.67 Å². The lowest BCUT2D eigenvalue weighted by Crippen LogP contribution is -2.42. The van der Waals surface area contributed by atoms with Gasteiger partial charge in [-0.2, -0.15) is 0 Å². The van der Waals surface area contributed by atoms with Crippen LogP contribution in [0, 0.1) is 0 Å². The molecule has 1 unspecified atom stereocenters. The Balaban J connectivity index is 1.31. The molecule has 10 nitrogen and oxygen atoms in total. The molecule has 46 heavy (non-hydrogen) atoms. The van der Waals surface area contributed by atoms with Gasteiger partial charge in [0.1, 0.15) is 28.9 Å². The molecule has 0 saturated carbocycles. The number of aromatic nitrogens is 5. The summed E-state index contributed by atoms with van der Waals surface area (Å²) in [6.07, 6.45) is 1.80. The Morgan fingerprint density at radius 2 is 1.72 bits per heavy atom. The second-order valence-corrected chi connectivity index (χ2v) is 11.6. The summed E-state index contributed by atoms with van der Waals surface area (Å²) in [4.78, 5) is 38.6. The van der Waals surface area contributed by atoms with E-state index in [2.05, 4.69) is 20.6 Å². The summed E-state index contributed by atoms with van der Waals surface area (Å²) < 4.78 is 6.86. The molecule has 0 saturated heterocycles. The molecule has 1 atom stereocenters. The van der Waals surface area contributed by atoms with Crippen LogP contribution in [0.25, 0.3) is 33.2 Å². The zero-order valence-corrected chi connectivity index (χ0v) is 25.6. The first-order valence-corrected chi connectivity index (χ1v) is 15.5. The summed E-state index contributed by atoms with van der Waals surface area (Å²) in [7, 11) is 1.59. The predicted molar refractivity (Wildman–Crippen MR) is 178 cm³/mol. The first kappa shape index (κ1) is 28.9. The number of methoxy groups -OCH3 is 1. The normalized spacial score (nSPS) is 11.8. The van der Waals surface area contributed by atoms with E-state index < -0.39 is 6.04 Å². The van der Waals surface area contributed by atoms with Gasteiger partial charge in [-0.05, 0) is 42.5 Å². The zero-order valence-electron chi connectivity index (χ0n) is 24.8. The van der Waals surface area contributed by atoms with E-state index in [4.69, 9.17) is 9.72 Å². The van der Waals surface area contributed by atoms with E-state index in [1.807, 2.05) is 84.2 Å². The molecule has 7 aromatic rings. The molecule has 0 bridgehead atoms. The van der Waals surface area contributed by atoms with Gasteiger partial charge in [0.2, 0.25) is 5.91 Å². The standard InChI is InChI=1S/C35H29N7O3S/c1-45-25-17-15-24(16-18-25)37-35(44)34(27-19-36-28-12-6-5-11-26(27)28)41(20-32-38-30(22-46-32)23-9-3-2-4-10-23)33(43)21-42-31-14-8-7-13-29(31)39-40-42/h2-19,22,34,36H,20-21H2,1H3,(H,37,44). The third kappa shape index (κ3) is 5.83. The van der Waals surface area contributed by atoms with Gasteiger partial charge in [0, 0.05) is 39.3 Å². The lowest BCUT2D eigenvalue weighted by atomic mass is 10.0. The van der Waals surface area contributed by atoms with Crippen molar-refractivity contribution in [3.8, 4) is 17.0 Å². The number of para-hydroxylation sites is 2. The highest BCUT2D eigenvalue weighted by atomic mass is 32.1. The van der Waals surface area contributed by atoms with Crippen LogP contribution < -0.4 is 10.1 Å². The minimum Gasteiger partial charge on any atom is -0.497 e. The van der Waals surface area contributed by atoms with E-state index in [9.17, 15) is 9.59 Å². The highest BCUT2D eigenvalue weighted by Crippen LogP contribution is 2.33. The number of carbonyl (C=O) groups is 2. The number of H-pyrrole nitrogens is 1. The Kier molecular flexibility index (Phi) is 7.96. The average molecular weight is 628 g/mol. The highest BCUT2D eigenvalue weighted by Gasteiger charge is 2.34. The van der Waals surface area contributed by atoms with Crippen LogP contribution in [0.2, 0.25) is 0 Å². The number of benzene rings is 4. The Labute approximate surface area is 268 Å². The van der Waals surface area contributed by atoms with Crippen molar-refractivity contribution < 1.29 is 14.3 Å². The summed E-state index contributed by atoms with van der Waals surface area (Å²) in [6.45, 7) is -0.0186. The van der Waals surface area contributed by atoms with Gasteiger partial charge in [-0.3, -0.25) is 9.59 Å². The van der Waals surface area contributed by atoms with Crippen molar-refractivity contribution >= 4 is 50.8 Å². The van der Waals surface area contributed by atoms with Crippen molar-refractivity contribution in [2.75, 3.05) is 12.4 Å². The Morgan fingerprint density at radius 3 is 2.54 bits per heavy atom. The number of hydrogen-bond donors (Lipinski definition) is 2. The van der Waals surface area contributed by atoms with Crippen molar-refractivity contribution in [3.63, 3.8) is 0 Å². The van der Waals surface area contributed by atoms with Crippen LogP contribution in [0.5, 0.6) is 5.75 Å². The fourth-order valence-electron chi connectivity index (χ4n) is 5.50. The number of ether oxygens (including phenoxy) is 1. The maximum atomic E-state index is 14.5. The molecule has 4 aromatic carbocycles. The van der Waals surface area contributed by atoms with Crippen LogP contribution in [-0.2, 0) is 22.7 Å². The molecule has 0 aliphatic carbocycles. The molecule has 0 spiro atoms. The van der Waals surface area contributed by atoms with Gasteiger partial charge in [0.15, 0.2) is 0 Å². The quantitative estimate of drug-likeness (QED) is 0.180. The average Bonchev–Trinajstić information content (AvgIpc) is 3.85. The monoisotopic (exact) mass is 627 g/mol. The molecule has 11 heteroatoms. The number of rotatable bonds is 10. The SMILES string of the molecule is COc1ccc(NC(=O)C(c2c[nH]c3ccccc23)N(Cc2nc(-c3ccccc3)cs2)C(=O)Cn2nnc3ccccc32)cc1. The smallest absolute Gasteiger partial charge is 0.251 e. The van der Waals surface area contributed by atoms with Gasteiger partial charge >= 0.3 is 0 Å². The van der Waals surface area contributed by atoms with E-state index in [-0.39, 0.29) is 24.9 Å². The fraction of sp³-hybridized carbons (Fsp3) is 0.114. The van der Waals surface area contributed by atoms with Crippen molar-refractivity contribution in [1.82, 2.24) is 29.9 Å². The summed E-state index contributed by atoms with van der Waals surface area (Å²) in [5.74, 6) is -0.0140. The minimum atomic E-state index is -1.01. The summed E-state index contributed by atoms with van der Waals surface area (Å²) in [6, 6.07) is 31.1. The molecule has 2 amide bonds. The molecule has 7 rings (SSSR count). The first-order valence-electron chi connectivity index (χ1n) is 14.7. The first-order chi connectivity index (χ1) is 22.6. The zero-order chi connectivity index (χ0) is 31.5. The molecule has 228 valence electrons. The topological polar surface area (TPSA) is 118 Å². The molecule has 2 N–H and O–H groups in total. The van der Waals surface area contributed by atoms with Crippen molar-refractivity contribution in [2.45, 2.75) is 19.1 Å².